The molecule has 1 saturated heterocycles. The first-order valence-electron chi connectivity index (χ1n) is 9.98. The van der Waals surface area contributed by atoms with Gasteiger partial charge in [-0.3, -0.25) is 4.40 Å². The van der Waals surface area contributed by atoms with Crippen LogP contribution in [-0.2, 0) is 20.9 Å². The van der Waals surface area contributed by atoms with E-state index in [1.807, 2.05) is 6.07 Å². The van der Waals surface area contributed by atoms with Crippen LogP contribution in [-0.4, -0.2) is 62.7 Å². The summed E-state index contributed by atoms with van der Waals surface area (Å²) in [4.78, 5) is 28.5. The maximum absolute atomic E-state index is 9.55. The summed E-state index contributed by atoms with van der Waals surface area (Å²) in [6.45, 7) is 4.89. The zero-order valence-corrected chi connectivity index (χ0v) is 17.8. The van der Waals surface area contributed by atoms with E-state index in [0.717, 1.165) is 23.8 Å². The molecule has 0 aliphatic carbocycles. The number of hydrogen-bond acceptors (Lipinski definition) is 6. The molecule has 3 heterocycles. The van der Waals surface area contributed by atoms with Crippen LogP contribution in [0.2, 0.25) is 0 Å². The molecule has 9 heteroatoms. The maximum Gasteiger partial charge on any atom is 0.328 e. The normalized spacial score (nSPS) is 14.1. The molecular formula is C22H25N3O5S. The van der Waals surface area contributed by atoms with Gasteiger partial charge in [-0.05, 0) is 31.5 Å². The quantitative estimate of drug-likeness (QED) is 0.406. The highest BCUT2D eigenvalue weighted by molar-refractivity contribution is 7.20. The van der Waals surface area contributed by atoms with Gasteiger partial charge in [0.2, 0.25) is 0 Å². The van der Waals surface area contributed by atoms with Crippen molar-refractivity contribution in [2.75, 3.05) is 26.2 Å². The lowest BCUT2D eigenvalue weighted by molar-refractivity contribution is -0.134. The van der Waals surface area contributed by atoms with Crippen molar-refractivity contribution >= 4 is 28.2 Å². The van der Waals surface area contributed by atoms with Gasteiger partial charge in [0, 0.05) is 31.1 Å². The first-order chi connectivity index (χ1) is 15.0. The Hall–Kier alpha value is -3.01. The first kappa shape index (κ1) is 22.7. The highest BCUT2D eigenvalue weighted by Gasteiger charge is 2.11. The molecule has 0 amide bonds. The Labute approximate surface area is 184 Å². The summed E-state index contributed by atoms with van der Waals surface area (Å²) in [5, 5.41) is 15.6. The Balaban J connectivity index is 0.000000293. The van der Waals surface area contributed by atoms with Crippen molar-refractivity contribution in [2.45, 2.75) is 19.4 Å². The zero-order chi connectivity index (χ0) is 22.1. The van der Waals surface area contributed by atoms with Gasteiger partial charge in [0.05, 0.1) is 23.8 Å². The topological polar surface area (TPSA) is 104 Å². The van der Waals surface area contributed by atoms with E-state index < -0.39 is 11.9 Å². The van der Waals surface area contributed by atoms with E-state index in [4.69, 9.17) is 14.9 Å². The molecule has 164 valence electrons. The number of hydrogen-bond donors (Lipinski definition) is 2. The van der Waals surface area contributed by atoms with E-state index in [2.05, 4.69) is 50.9 Å². The molecule has 0 radical (unpaired) electrons. The van der Waals surface area contributed by atoms with Crippen LogP contribution in [0.15, 0.2) is 54.9 Å². The number of carboxylic acids is 2. The molecule has 31 heavy (non-hydrogen) atoms. The molecule has 4 rings (SSSR count). The number of carbonyl (C=O) groups is 2. The fourth-order valence-corrected chi connectivity index (χ4v) is 4.16. The Bertz CT molecular complexity index is 975. The molecule has 1 aromatic carbocycles. The molecule has 2 N–H and O–H groups in total. The molecule has 0 atom stereocenters. The van der Waals surface area contributed by atoms with Crippen LogP contribution in [0.5, 0.6) is 0 Å². The van der Waals surface area contributed by atoms with Crippen molar-refractivity contribution in [3.8, 4) is 10.4 Å². The predicted molar refractivity (Wildman–Crippen MR) is 118 cm³/mol. The second-order valence-electron chi connectivity index (χ2n) is 6.99. The SMILES string of the molecule is O=C(O)C=CC(=O)O.c1ccc(-c2cn3cc(COCCN4CCCC4)nc3s2)cc1. The van der Waals surface area contributed by atoms with E-state index >= 15 is 0 Å². The van der Waals surface area contributed by atoms with Crippen LogP contribution in [0.25, 0.3) is 15.4 Å². The number of aliphatic carboxylic acids is 2. The van der Waals surface area contributed by atoms with Crippen LogP contribution < -0.4 is 0 Å². The minimum absolute atomic E-state index is 0.558. The van der Waals surface area contributed by atoms with Crippen molar-refractivity contribution in [3.05, 3.63) is 60.6 Å². The number of thiazole rings is 1. The van der Waals surface area contributed by atoms with Crippen LogP contribution in [0.4, 0.5) is 0 Å². The Morgan fingerprint density at radius 2 is 1.74 bits per heavy atom. The number of carboxylic acid groups (broad SMARTS) is 2. The summed E-state index contributed by atoms with van der Waals surface area (Å²) in [5.74, 6) is -2.51. The molecule has 0 spiro atoms. The summed E-state index contributed by atoms with van der Waals surface area (Å²) >= 11 is 1.72. The van der Waals surface area contributed by atoms with Gasteiger partial charge in [-0.15, -0.1) is 0 Å². The van der Waals surface area contributed by atoms with E-state index in [1.54, 1.807) is 11.3 Å². The van der Waals surface area contributed by atoms with Gasteiger partial charge < -0.3 is 19.8 Å². The predicted octanol–water partition coefficient (Wildman–Crippen LogP) is 3.39. The molecular weight excluding hydrogens is 418 g/mol. The van der Waals surface area contributed by atoms with Gasteiger partial charge >= 0.3 is 11.9 Å². The van der Waals surface area contributed by atoms with Gasteiger partial charge in [-0.25, -0.2) is 14.6 Å². The van der Waals surface area contributed by atoms with Crippen LogP contribution in [0.3, 0.4) is 0 Å². The minimum atomic E-state index is -1.26. The number of benzene rings is 1. The van der Waals surface area contributed by atoms with Crippen LogP contribution in [0, 0.1) is 0 Å². The molecule has 1 aliphatic rings. The van der Waals surface area contributed by atoms with Crippen molar-refractivity contribution in [3.63, 3.8) is 0 Å². The van der Waals surface area contributed by atoms with Crippen molar-refractivity contribution in [1.82, 2.24) is 14.3 Å². The van der Waals surface area contributed by atoms with Crippen LogP contribution >= 0.6 is 11.3 Å². The lowest BCUT2D eigenvalue weighted by Crippen LogP contribution is -2.23. The first-order valence-corrected chi connectivity index (χ1v) is 10.8. The molecule has 2 aromatic heterocycles. The molecule has 3 aromatic rings. The van der Waals surface area contributed by atoms with Gasteiger partial charge in [0.15, 0.2) is 4.96 Å². The molecule has 1 fully saturated rings. The van der Waals surface area contributed by atoms with Crippen molar-refractivity contribution in [1.29, 1.82) is 0 Å². The number of fused-ring (bicyclic) bond motifs is 1. The lowest BCUT2D eigenvalue weighted by Gasteiger charge is -2.13. The molecule has 0 saturated carbocycles. The Morgan fingerprint density at radius 3 is 2.35 bits per heavy atom. The minimum Gasteiger partial charge on any atom is -0.478 e. The summed E-state index contributed by atoms with van der Waals surface area (Å²) in [6.07, 6.45) is 8.01. The lowest BCUT2D eigenvalue weighted by atomic mass is 10.2. The number of rotatable bonds is 8. The van der Waals surface area contributed by atoms with E-state index in [0.29, 0.717) is 18.8 Å². The largest absolute Gasteiger partial charge is 0.478 e. The highest BCUT2D eigenvalue weighted by atomic mass is 32.1. The van der Waals surface area contributed by atoms with Gasteiger partial charge in [-0.2, -0.15) is 0 Å². The third kappa shape index (κ3) is 7.32. The van der Waals surface area contributed by atoms with E-state index in [1.165, 1.54) is 36.4 Å². The molecule has 0 unspecified atom stereocenters. The summed E-state index contributed by atoms with van der Waals surface area (Å²) in [7, 11) is 0. The third-order valence-corrected chi connectivity index (χ3v) is 5.68. The second kappa shape index (κ2) is 11.4. The summed E-state index contributed by atoms with van der Waals surface area (Å²) < 4.78 is 7.89. The van der Waals surface area contributed by atoms with Crippen molar-refractivity contribution < 1.29 is 24.5 Å². The van der Waals surface area contributed by atoms with Gasteiger partial charge in [-0.1, -0.05) is 41.7 Å². The third-order valence-electron chi connectivity index (χ3n) is 4.63. The Morgan fingerprint density at radius 1 is 1.06 bits per heavy atom. The second-order valence-corrected chi connectivity index (χ2v) is 8.00. The fourth-order valence-electron chi connectivity index (χ4n) is 3.17. The summed E-state index contributed by atoms with van der Waals surface area (Å²) in [6, 6.07) is 10.4. The standard InChI is InChI=1S/C18H21N3OS.C4H4O4/c1-2-6-15(7-3-1)17-13-21-12-16(19-18(21)23-17)14-22-11-10-20-8-4-5-9-20;5-3(6)1-2-4(7)8/h1-3,6-7,12-13H,4-5,8-11,14H2;1-2H,(H,5,6)(H,7,8). The fraction of sp³-hybridized carbons (Fsp3) is 0.318. The average molecular weight is 444 g/mol. The number of aromatic nitrogens is 2. The zero-order valence-electron chi connectivity index (χ0n) is 17.0. The highest BCUT2D eigenvalue weighted by Crippen LogP contribution is 2.28. The average Bonchev–Trinajstić information content (AvgIpc) is 3.47. The number of nitrogens with zero attached hydrogens (tertiary/aromatic N) is 3. The van der Waals surface area contributed by atoms with Crippen molar-refractivity contribution in [2.24, 2.45) is 0 Å². The number of imidazole rings is 1. The smallest absolute Gasteiger partial charge is 0.328 e. The maximum atomic E-state index is 9.55. The van der Waals surface area contributed by atoms with Gasteiger partial charge in [0.1, 0.15) is 0 Å². The van der Waals surface area contributed by atoms with E-state index in [9.17, 15) is 9.59 Å². The van der Waals surface area contributed by atoms with Gasteiger partial charge in [0.25, 0.3) is 0 Å². The summed E-state index contributed by atoms with van der Waals surface area (Å²) in [5.41, 5.74) is 2.25. The molecule has 0 bridgehead atoms. The molecule has 1 aliphatic heterocycles. The van der Waals surface area contributed by atoms with E-state index in [-0.39, 0.29) is 0 Å². The Kier molecular flexibility index (Phi) is 8.34. The number of likely N-dealkylation sites (tertiary alicyclic amines) is 1. The molecule has 8 nitrogen and oxygen atoms in total. The monoisotopic (exact) mass is 443 g/mol. The van der Waals surface area contributed by atoms with Crippen LogP contribution in [0.1, 0.15) is 18.5 Å². The number of ether oxygens (including phenoxy) is 1.